The molecule has 25 heavy (non-hydrogen) atoms. The number of nitrogens with zero attached hydrogens (tertiary/aromatic N) is 1. The summed E-state index contributed by atoms with van der Waals surface area (Å²) in [6.45, 7) is 3.38. The van der Waals surface area contributed by atoms with Crippen molar-refractivity contribution in [2.24, 2.45) is 0 Å². The predicted octanol–water partition coefficient (Wildman–Crippen LogP) is 1.00. The average Bonchev–Trinajstić information content (AvgIpc) is 3.03. The molecule has 1 amide bonds. The van der Waals surface area contributed by atoms with Crippen LogP contribution < -0.4 is 5.32 Å². The number of rotatable bonds is 5. The van der Waals surface area contributed by atoms with Gasteiger partial charge in [0.15, 0.2) is 9.84 Å². The summed E-state index contributed by atoms with van der Waals surface area (Å²) in [6.07, 6.45) is 5.13. The number of ether oxygens (including phenoxy) is 1. The summed E-state index contributed by atoms with van der Waals surface area (Å²) in [5, 5.41) is 3.10. The van der Waals surface area contributed by atoms with E-state index in [9.17, 15) is 13.2 Å². The van der Waals surface area contributed by atoms with Gasteiger partial charge in [-0.25, -0.2) is 8.42 Å². The van der Waals surface area contributed by atoms with Gasteiger partial charge in [0.2, 0.25) is 5.91 Å². The van der Waals surface area contributed by atoms with E-state index in [0.717, 1.165) is 18.7 Å². The lowest BCUT2D eigenvalue weighted by molar-refractivity contribution is -0.121. The number of sulfone groups is 1. The molecule has 2 saturated heterocycles. The molecule has 0 aliphatic carbocycles. The summed E-state index contributed by atoms with van der Waals surface area (Å²) in [5.74, 6) is -0.0513. The maximum absolute atomic E-state index is 12.4. The SMILES string of the molecule is CS(=O)(=O)c1ccc(CC(=O)N[C@H]2COC[C@@H]2N2CCCCC2)cc1. The zero-order valence-electron chi connectivity index (χ0n) is 14.6. The van der Waals surface area contributed by atoms with Crippen molar-refractivity contribution in [1.29, 1.82) is 0 Å². The number of hydrogen-bond donors (Lipinski definition) is 1. The minimum absolute atomic E-state index is 0.0286. The van der Waals surface area contributed by atoms with E-state index in [2.05, 4.69) is 10.2 Å². The van der Waals surface area contributed by atoms with Crippen LogP contribution in [0.2, 0.25) is 0 Å². The normalized spacial score (nSPS) is 25.0. The molecule has 0 saturated carbocycles. The Morgan fingerprint density at radius 2 is 1.84 bits per heavy atom. The molecule has 6 nitrogen and oxygen atoms in total. The molecule has 0 spiro atoms. The van der Waals surface area contributed by atoms with Gasteiger partial charge in [-0.3, -0.25) is 9.69 Å². The minimum Gasteiger partial charge on any atom is -0.378 e. The lowest BCUT2D eigenvalue weighted by Gasteiger charge is -2.34. The molecule has 2 fully saturated rings. The van der Waals surface area contributed by atoms with Gasteiger partial charge in [0.25, 0.3) is 0 Å². The highest BCUT2D eigenvalue weighted by atomic mass is 32.2. The molecule has 0 radical (unpaired) electrons. The van der Waals surface area contributed by atoms with Crippen molar-refractivity contribution in [2.75, 3.05) is 32.6 Å². The number of amides is 1. The van der Waals surface area contributed by atoms with Crippen LogP contribution in [-0.4, -0.2) is 63.9 Å². The second-order valence-corrected chi connectivity index (χ2v) is 8.98. The Morgan fingerprint density at radius 1 is 1.16 bits per heavy atom. The van der Waals surface area contributed by atoms with Crippen LogP contribution in [0.5, 0.6) is 0 Å². The summed E-state index contributed by atoms with van der Waals surface area (Å²) < 4.78 is 28.6. The lowest BCUT2D eigenvalue weighted by Crippen LogP contribution is -2.52. The molecule has 2 aliphatic heterocycles. The largest absolute Gasteiger partial charge is 0.378 e. The van der Waals surface area contributed by atoms with Crippen LogP contribution in [-0.2, 0) is 25.8 Å². The maximum atomic E-state index is 12.4. The molecule has 3 rings (SSSR count). The third-order valence-corrected chi connectivity index (χ3v) is 6.10. The quantitative estimate of drug-likeness (QED) is 0.841. The van der Waals surface area contributed by atoms with Gasteiger partial charge in [-0.1, -0.05) is 18.6 Å². The van der Waals surface area contributed by atoms with Crippen molar-refractivity contribution in [3.63, 3.8) is 0 Å². The molecule has 138 valence electrons. The van der Waals surface area contributed by atoms with E-state index in [0.29, 0.717) is 13.2 Å². The Labute approximate surface area is 149 Å². The van der Waals surface area contributed by atoms with Crippen LogP contribution in [0.4, 0.5) is 0 Å². The molecule has 1 N–H and O–H groups in total. The van der Waals surface area contributed by atoms with Gasteiger partial charge in [-0.05, 0) is 43.6 Å². The average molecular weight is 366 g/mol. The van der Waals surface area contributed by atoms with Crippen LogP contribution in [0.15, 0.2) is 29.2 Å². The summed E-state index contributed by atoms with van der Waals surface area (Å²) in [5.41, 5.74) is 0.804. The van der Waals surface area contributed by atoms with Crippen molar-refractivity contribution in [1.82, 2.24) is 10.2 Å². The Balaban J connectivity index is 1.56. The first kappa shape index (κ1) is 18.4. The molecule has 0 unspecified atom stereocenters. The monoisotopic (exact) mass is 366 g/mol. The first-order chi connectivity index (χ1) is 11.9. The number of likely N-dealkylation sites (tertiary alicyclic amines) is 1. The second kappa shape index (κ2) is 7.85. The highest BCUT2D eigenvalue weighted by Crippen LogP contribution is 2.19. The van der Waals surface area contributed by atoms with E-state index in [1.165, 1.54) is 25.5 Å². The third-order valence-electron chi connectivity index (χ3n) is 4.97. The van der Waals surface area contributed by atoms with Crippen LogP contribution >= 0.6 is 0 Å². The molecular formula is C18H26N2O4S. The zero-order valence-corrected chi connectivity index (χ0v) is 15.4. The lowest BCUT2D eigenvalue weighted by atomic mass is 10.0. The highest BCUT2D eigenvalue weighted by molar-refractivity contribution is 7.90. The fourth-order valence-corrected chi connectivity index (χ4v) is 4.22. The van der Waals surface area contributed by atoms with Gasteiger partial charge in [0, 0.05) is 6.26 Å². The minimum atomic E-state index is -3.21. The summed E-state index contributed by atoms with van der Waals surface area (Å²) in [6, 6.07) is 6.78. The molecule has 2 aliphatic rings. The number of piperidine rings is 1. The molecule has 7 heteroatoms. The fourth-order valence-electron chi connectivity index (χ4n) is 3.59. The van der Waals surface area contributed by atoms with E-state index in [1.807, 2.05) is 0 Å². The molecule has 2 heterocycles. The van der Waals surface area contributed by atoms with E-state index in [1.54, 1.807) is 24.3 Å². The fraction of sp³-hybridized carbons (Fsp3) is 0.611. The summed E-state index contributed by atoms with van der Waals surface area (Å²) >= 11 is 0. The smallest absolute Gasteiger partial charge is 0.224 e. The van der Waals surface area contributed by atoms with Crippen molar-refractivity contribution < 1.29 is 17.9 Å². The predicted molar refractivity (Wildman–Crippen MR) is 95.2 cm³/mol. The first-order valence-electron chi connectivity index (χ1n) is 8.83. The zero-order chi connectivity index (χ0) is 17.9. The van der Waals surface area contributed by atoms with Gasteiger partial charge in [-0.2, -0.15) is 0 Å². The Kier molecular flexibility index (Phi) is 5.76. The molecule has 0 aromatic heterocycles. The Morgan fingerprint density at radius 3 is 2.48 bits per heavy atom. The van der Waals surface area contributed by atoms with Crippen molar-refractivity contribution in [2.45, 2.75) is 42.7 Å². The molecule has 1 aromatic carbocycles. The molecular weight excluding hydrogens is 340 g/mol. The van der Waals surface area contributed by atoms with Crippen LogP contribution in [0.3, 0.4) is 0 Å². The van der Waals surface area contributed by atoms with Crippen molar-refractivity contribution >= 4 is 15.7 Å². The van der Waals surface area contributed by atoms with Crippen LogP contribution in [0, 0.1) is 0 Å². The van der Waals surface area contributed by atoms with Gasteiger partial charge in [0.1, 0.15) is 0 Å². The molecule has 2 atom stereocenters. The number of carbonyl (C=O) groups excluding carboxylic acids is 1. The number of nitrogens with one attached hydrogen (secondary N) is 1. The maximum Gasteiger partial charge on any atom is 0.224 e. The van der Waals surface area contributed by atoms with Crippen LogP contribution in [0.25, 0.3) is 0 Å². The number of carbonyl (C=O) groups is 1. The van der Waals surface area contributed by atoms with Gasteiger partial charge in [-0.15, -0.1) is 0 Å². The topological polar surface area (TPSA) is 75.7 Å². The summed E-state index contributed by atoms with van der Waals surface area (Å²) in [4.78, 5) is 15.1. The van der Waals surface area contributed by atoms with Crippen LogP contribution in [0.1, 0.15) is 24.8 Å². The second-order valence-electron chi connectivity index (χ2n) is 6.97. The standard InChI is InChI=1S/C18H26N2O4S/c1-25(22,23)15-7-5-14(6-8-15)11-18(21)19-16-12-24-13-17(16)20-9-3-2-4-10-20/h5-8,16-17H,2-4,9-13H2,1H3,(H,19,21)/t16-,17-/m0/s1. The Hall–Kier alpha value is -1.44. The molecule has 0 bridgehead atoms. The van der Waals surface area contributed by atoms with Crippen molar-refractivity contribution in [3.8, 4) is 0 Å². The van der Waals surface area contributed by atoms with E-state index < -0.39 is 9.84 Å². The summed E-state index contributed by atoms with van der Waals surface area (Å²) in [7, 11) is -3.21. The van der Waals surface area contributed by atoms with E-state index >= 15 is 0 Å². The number of hydrogen-bond acceptors (Lipinski definition) is 5. The van der Waals surface area contributed by atoms with Gasteiger partial charge < -0.3 is 10.1 Å². The Bertz CT molecular complexity index is 696. The number of benzene rings is 1. The molecule has 1 aromatic rings. The van der Waals surface area contributed by atoms with E-state index in [4.69, 9.17) is 4.74 Å². The van der Waals surface area contributed by atoms with E-state index in [-0.39, 0.29) is 29.3 Å². The first-order valence-corrected chi connectivity index (χ1v) is 10.7. The third kappa shape index (κ3) is 4.80. The van der Waals surface area contributed by atoms with Gasteiger partial charge in [0.05, 0.1) is 36.6 Å². The highest BCUT2D eigenvalue weighted by Gasteiger charge is 2.34. The van der Waals surface area contributed by atoms with Crippen molar-refractivity contribution in [3.05, 3.63) is 29.8 Å². The van der Waals surface area contributed by atoms with Gasteiger partial charge >= 0.3 is 0 Å².